The number of H-pyrrole nitrogens is 1. The molecule has 5 nitrogen and oxygen atoms in total. The molecule has 0 saturated carbocycles. The highest BCUT2D eigenvalue weighted by molar-refractivity contribution is 5.94. The molecule has 3 rings (SSSR count). The maximum absolute atomic E-state index is 12.5. The summed E-state index contributed by atoms with van der Waals surface area (Å²) in [5.74, 6) is -0.232. The number of fused-ring (bicyclic) bond motifs is 1. The molecule has 2 aromatic rings. The minimum atomic E-state index is -0.335. The number of aromatic nitrogens is 1. The predicted molar refractivity (Wildman–Crippen MR) is 81.1 cm³/mol. The molecule has 0 atom stereocenters. The highest BCUT2D eigenvalue weighted by Crippen LogP contribution is 2.24. The van der Waals surface area contributed by atoms with Gasteiger partial charge in [0, 0.05) is 24.5 Å². The first-order valence-electron chi connectivity index (χ1n) is 6.91. The molecule has 1 aromatic carbocycles. The van der Waals surface area contributed by atoms with E-state index in [9.17, 15) is 9.59 Å². The van der Waals surface area contributed by atoms with Crippen molar-refractivity contribution in [3.05, 3.63) is 63.1 Å². The Morgan fingerprint density at radius 1 is 1.29 bits per heavy atom. The van der Waals surface area contributed by atoms with Crippen molar-refractivity contribution in [2.24, 2.45) is 0 Å². The summed E-state index contributed by atoms with van der Waals surface area (Å²) in [6.07, 6.45) is 0.720. The molecule has 2 heterocycles. The second-order valence-corrected chi connectivity index (χ2v) is 5.35. The molecule has 1 aliphatic rings. The molecule has 108 valence electrons. The number of nitrogen functional groups attached to an aromatic ring is 1. The molecule has 21 heavy (non-hydrogen) atoms. The number of amides is 1. The fourth-order valence-electron chi connectivity index (χ4n) is 2.72. The highest BCUT2D eigenvalue weighted by atomic mass is 16.2. The fourth-order valence-corrected chi connectivity index (χ4v) is 2.72. The molecule has 1 aliphatic heterocycles. The first kappa shape index (κ1) is 13.4. The number of carbonyl (C=O) groups excluding carboxylic acids is 1. The van der Waals surface area contributed by atoms with Crippen LogP contribution in [0.15, 0.2) is 35.1 Å². The summed E-state index contributed by atoms with van der Waals surface area (Å²) in [7, 11) is 0. The molecule has 3 N–H and O–H groups in total. The number of anilines is 1. The summed E-state index contributed by atoms with van der Waals surface area (Å²) in [5, 5.41) is 0. The van der Waals surface area contributed by atoms with Crippen molar-refractivity contribution in [3.8, 4) is 0 Å². The average Bonchev–Trinajstić information content (AvgIpc) is 2.46. The largest absolute Gasteiger partial charge is 0.398 e. The van der Waals surface area contributed by atoms with Crippen LogP contribution in [0.2, 0.25) is 0 Å². The zero-order valence-corrected chi connectivity index (χ0v) is 11.8. The van der Waals surface area contributed by atoms with Crippen LogP contribution in [0.5, 0.6) is 0 Å². The van der Waals surface area contributed by atoms with E-state index in [4.69, 9.17) is 5.73 Å². The minimum Gasteiger partial charge on any atom is -0.398 e. The number of rotatable bonds is 1. The lowest BCUT2D eigenvalue weighted by Gasteiger charge is -2.29. The maximum Gasteiger partial charge on any atom is 0.260 e. The topological polar surface area (TPSA) is 79.2 Å². The van der Waals surface area contributed by atoms with Gasteiger partial charge in [-0.15, -0.1) is 0 Å². The van der Waals surface area contributed by atoms with Gasteiger partial charge in [0.25, 0.3) is 11.5 Å². The van der Waals surface area contributed by atoms with Crippen LogP contribution >= 0.6 is 0 Å². The van der Waals surface area contributed by atoms with Crippen LogP contribution in [0.25, 0.3) is 0 Å². The summed E-state index contributed by atoms with van der Waals surface area (Å²) in [6, 6.07) is 9.07. The molecule has 0 bridgehead atoms. The van der Waals surface area contributed by atoms with Gasteiger partial charge in [-0.05, 0) is 42.7 Å². The number of carbonyl (C=O) groups is 1. The summed E-state index contributed by atoms with van der Waals surface area (Å²) in [5.41, 5.74) is 9.49. The van der Waals surface area contributed by atoms with Crippen molar-refractivity contribution in [2.45, 2.75) is 19.9 Å². The first-order valence-corrected chi connectivity index (χ1v) is 6.91. The SMILES string of the molecule is Cc1ccc(C(=O)N2CCc3c(N)cccc3C2)c(=O)[nH]1. The molecule has 0 aliphatic carbocycles. The Hall–Kier alpha value is -2.56. The molecule has 0 saturated heterocycles. The Morgan fingerprint density at radius 3 is 2.86 bits per heavy atom. The standard InChI is InChI=1S/C16H17N3O2/c1-10-5-6-13(15(20)18-10)16(21)19-8-7-12-11(9-19)3-2-4-14(12)17/h2-6H,7-9,17H2,1H3,(H,18,20). The van der Waals surface area contributed by atoms with Gasteiger partial charge in [-0.2, -0.15) is 0 Å². The number of nitrogens with one attached hydrogen (secondary N) is 1. The van der Waals surface area contributed by atoms with Crippen LogP contribution in [0, 0.1) is 6.92 Å². The van der Waals surface area contributed by atoms with Gasteiger partial charge in [0.15, 0.2) is 0 Å². The van der Waals surface area contributed by atoms with Crippen molar-refractivity contribution in [2.75, 3.05) is 12.3 Å². The molecule has 0 fully saturated rings. The van der Waals surface area contributed by atoms with E-state index in [0.717, 1.165) is 28.9 Å². The summed E-state index contributed by atoms with van der Waals surface area (Å²) in [4.78, 5) is 28.8. The molecule has 0 radical (unpaired) electrons. The number of nitrogens with zero attached hydrogens (tertiary/aromatic N) is 1. The van der Waals surface area contributed by atoms with Crippen LogP contribution in [0.3, 0.4) is 0 Å². The maximum atomic E-state index is 12.5. The van der Waals surface area contributed by atoms with Crippen LogP contribution in [0.1, 0.15) is 27.2 Å². The van der Waals surface area contributed by atoms with E-state index in [2.05, 4.69) is 4.98 Å². The van der Waals surface area contributed by atoms with Crippen LogP contribution < -0.4 is 11.3 Å². The van der Waals surface area contributed by atoms with Crippen molar-refractivity contribution >= 4 is 11.6 Å². The van der Waals surface area contributed by atoms with Crippen molar-refractivity contribution in [1.29, 1.82) is 0 Å². The second-order valence-electron chi connectivity index (χ2n) is 5.35. The highest BCUT2D eigenvalue weighted by Gasteiger charge is 2.24. The number of aryl methyl sites for hydroxylation is 1. The van der Waals surface area contributed by atoms with E-state index in [-0.39, 0.29) is 17.0 Å². The van der Waals surface area contributed by atoms with Crippen molar-refractivity contribution in [1.82, 2.24) is 9.88 Å². The van der Waals surface area contributed by atoms with E-state index in [1.807, 2.05) is 18.2 Å². The second kappa shape index (κ2) is 5.09. The summed E-state index contributed by atoms with van der Waals surface area (Å²) >= 11 is 0. The first-order chi connectivity index (χ1) is 10.1. The van der Waals surface area contributed by atoms with Gasteiger partial charge >= 0.3 is 0 Å². The van der Waals surface area contributed by atoms with Gasteiger partial charge < -0.3 is 15.6 Å². The number of aromatic amines is 1. The lowest BCUT2D eigenvalue weighted by atomic mass is 9.97. The minimum absolute atomic E-state index is 0.188. The molecule has 0 unspecified atom stereocenters. The Bertz CT molecular complexity index is 764. The Morgan fingerprint density at radius 2 is 2.10 bits per heavy atom. The quantitative estimate of drug-likeness (QED) is 0.778. The van der Waals surface area contributed by atoms with Gasteiger partial charge in [-0.25, -0.2) is 0 Å². The summed E-state index contributed by atoms with van der Waals surface area (Å²) in [6.45, 7) is 2.86. The predicted octanol–water partition coefficient (Wildman–Crippen LogP) is 1.46. The zero-order valence-electron chi connectivity index (χ0n) is 11.8. The van der Waals surface area contributed by atoms with Gasteiger partial charge in [-0.1, -0.05) is 12.1 Å². The average molecular weight is 283 g/mol. The van der Waals surface area contributed by atoms with Gasteiger partial charge in [0.1, 0.15) is 5.56 Å². The number of hydrogen-bond donors (Lipinski definition) is 2. The smallest absolute Gasteiger partial charge is 0.260 e. The van der Waals surface area contributed by atoms with Gasteiger partial charge in [-0.3, -0.25) is 9.59 Å². The van der Waals surface area contributed by atoms with E-state index in [1.54, 1.807) is 24.0 Å². The van der Waals surface area contributed by atoms with Crippen molar-refractivity contribution < 1.29 is 4.79 Å². The normalized spacial score (nSPS) is 13.9. The van der Waals surface area contributed by atoms with Crippen LogP contribution in [-0.2, 0) is 13.0 Å². The van der Waals surface area contributed by atoms with Gasteiger partial charge in [0.2, 0.25) is 0 Å². The number of benzene rings is 1. The number of hydrogen-bond acceptors (Lipinski definition) is 3. The van der Waals surface area contributed by atoms with E-state index >= 15 is 0 Å². The van der Waals surface area contributed by atoms with Gasteiger partial charge in [0.05, 0.1) is 0 Å². The van der Waals surface area contributed by atoms with Crippen LogP contribution in [0.4, 0.5) is 5.69 Å². The molecule has 5 heteroatoms. The summed E-state index contributed by atoms with van der Waals surface area (Å²) < 4.78 is 0. The molecule has 1 amide bonds. The third-order valence-electron chi connectivity index (χ3n) is 3.88. The Labute approximate surface area is 122 Å². The van der Waals surface area contributed by atoms with E-state index in [1.165, 1.54) is 0 Å². The lowest BCUT2D eigenvalue weighted by molar-refractivity contribution is 0.0733. The molecular weight excluding hydrogens is 266 g/mol. The Kier molecular flexibility index (Phi) is 3.25. The Balaban J connectivity index is 1.89. The number of nitrogens with two attached hydrogens (primary N) is 1. The van der Waals surface area contributed by atoms with Crippen LogP contribution in [-0.4, -0.2) is 22.3 Å². The third kappa shape index (κ3) is 2.42. The number of pyridine rings is 1. The van der Waals surface area contributed by atoms with E-state index in [0.29, 0.717) is 13.1 Å². The monoisotopic (exact) mass is 283 g/mol. The fraction of sp³-hybridized carbons (Fsp3) is 0.250. The van der Waals surface area contributed by atoms with E-state index < -0.39 is 0 Å². The molecule has 0 spiro atoms. The molecular formula is C16H17N3O2. The molecule has 1 aromatic heterocycles. The third-order valence-corrected chi connectivity index (χ3v) is 3.88. The zero-order chi connectivity index (χ0) is 15.0. The lowest BCUT2D eigenvalue weighted by Crippen LogP contribution is -2.38. The van der Waals surface area contributed by atoms with Crippen molar-refractivity contribution in [3.63, 3.8) is 0 Å².